The molecule has 1 amide bonds. The van der Waals surface area contributed by atoms with E-state index in [9.17, 15) is 4.79 Å². The van der Waals surface area contributed by atoms with Gasteiger partial charge in [0.15, 0.2) is 5.75 Å². The van der Waals surface area contributed by atoms with Crippen LogP contribution in [0.4, 0.5) is 5.69 Å². The van der Waals surface area contributed by atoms with Gasteiger partial charge in [-0.05, 0) is 29.8 Å². The highest BCUT2D eigenvalue weighted by Crippen LogP contribution is 2.35. The van der Waals surface area contributed by atoms with Gasteiger partial charge in [-0.2, -0.15) is 0 Å². The Morgan fingerprint density at radius 3 is 2.70 bits per heavy atom. The molecule has 0 spiro atoms. The molecule has 0 heterocycles. The van der Waals surface area contributed by atoms with Crippen molar-refractivity contribution < 1.29 is 14.6 Å². The third-order valence-corrected chi connectivity index (χ3v) is 2.91. The van der Waals surface area contributed by atoms with Crippen LogP contribution < -0.4 is 16.2 Å². The number of carbonyl (C=O) groups excluding carboxylic acids is 1. The van der Waals surface area contributed by atoms with E-state index in [0.717, 1.165) is 0 Å². The van der Waals surface area contributed by atoms with Crippen LogP contribution in [-0.4, -0.2) is 11.0 Å². The predicted molar refractivity (Wildman–Crippen MR) is 76.8 cm³/mol. The quantitative estimate of drug-likeness (QED) is 0.753. The molecular weight excluding hydrogens is 280 g/mol. The first-order valence-corrected chi connectivity index (χ1v) is 6.15. The number of halogens is 1. The van der Waals surface area contributed by atoms with Gasteiger partial charge in [0.25, 0.3) is 5.91 Å². The molecular formula is C14H13ClN2O3. The van der Waals surface area contributed by atoms with Gasteiger partial charge in [0.1, 0.15) is 5.75 Å². The maximum Gasteiger partial charge on any atom is 0.252 e. The molecule has 2 rings (SSSR count). The fraction of sp³-hybridized carbons (Fsp3) is 0.0714. The molecule has 0 aliphatic carbocycles. The van der Waals surface area contributed by atoms with Crippen molar-refractivity contribution in [1.82, 2.24) is 0 Å². The minimum atomic E-state index is -0.687. The van der Waals surface area contributed by atoms with E-state index < -0.39 is 5.91 Å². The summed E-state index contributed by atoms with van der Waals surface area (Å²) in [6, 6.07) is 9.65. The molecule has 5 N–H and O–H groups in total. The number of amides is 1. The van der Waals surface area contributed by atoms with Crippen LogP contribution in [0.2, 0.25) is 5.02 Å². The van der Waals surface area contributed by atoms with E-state index in [2.05, 4.69) is 0 Å². The molecule has 5 nitrogen and oxygen atoms in total. The van der Waals surface area contributed by atoms with Crippen molar-refractivity contribution >= 4 is 23.2 Å². The zero-order valence-corrected chi connectivity index (χ0v) is 11.2. The average molecular weight is 293 g/mol. The summed E-state index contributed by atoms with van der Waals surface area (Å²) in [6.07, 6.45) is 0. The van der Waals surface area contributed by atoms with Gasteiger partial charge in [0.05, 0.1) is 17.2 Å². The molecule has 0 radical (unpaired) electrons. The molecule has 0 bridgehead atoms. The van der Waals surface area contributed by atoms with E-state index in [4.69, 9.17) is 32.9 Å². The largest absolute Gasteiger partial charge is 0.455 e. The Hall–Kier alpha value is -2.24. The molecule has 0 saturated carbocycles. The molecule has 0 fully saturated rings. The van der Waals surface area contributed by atoms with E-state index >= 15 is 0 Å². The molecule has 2 aromatic carbocycles. The summed E-state index contributed by atoms with van der Waals surface area (Å²) >= 11 is 6.04. The number of hydrogen-bond acceptors (Lipinski definition) is 4. The van der Waals surface area contributed by atoms with Gasteiger partial charge in [-0.3, -0.25) is 4.79 Å². The highest BCUT2D eigenvalue weighted by molar-refractivity contribution is 6.33. The van der Waals surface area contributed by atoms with Crippen molar-refractivity contribution in [2.45, 2.75) is 6.61 Å². The molecule has 6 heteroatoms. The Balaban J connectivity index is 2.44. The highest BCUT2D eigenvalue weighted by atomic mass is 35.5. The second-order valence-corrected chi connectivity index (χ2v) is 4.56. The van der Waals surface area contributed by atoms with Crippen LogP contribution >= 0.6 is 11.6 Å². The minimum Gasteiger partial charge on any atom is -0.455 e. The zero-order chi connectivity index (χ0) is 14.7. The molecule has 0 aliphatic heterocycles. The number of rotatable bonds is 4. The summed E-state index contributed by atoms with van der Waals surface area (Å²) in [5, 5.41) is 9.28. The Kier molecular flexibility index (Phi) is 4.12. The van der Waals surface area contributed by atoms with Crippen molar-refractivity contribution in [3.8, 4) is 11.5 Å². The Labute approximate surface area is 120 Å². The van der Waals surface area contributed by atoms with Crippen LogP contribution in [-0.2, 0) is 6.61 Å². The Bertz CT molecular complexity index is 659. The van der Waals surface area contributed by atoms with E-state index in [1.54, 1.807) is 24.3 Å². The summed E-state index contributed by atoms with van der Waals surface area (Å²) in [5.41, 5.74) is 12.0. The lowest BCUT2D eigenvalue weighted by molar-refractivity contribution is 0.0998. The maximum absolute atomic E-state index is 11.4. The van der Waals surface area contributed by atoms with Crippen LogP contribution in [0.5, 0.6) is 11.5 Å². The zero-order valence-electron chi connectivity index (χ0n) is 10.5. The topological polar surface area (TPSA) is 98.6 Å². The first-order valence-electron chi connectivity index (χ1n) is 5.77. The van der Waals surface area contributed by atoms with E-state index in [-0.39, 0.29) is 22.9 Å². The molecule has 0 atom stereocenters. The monoisotopic (exact) mass is 292 g/mol. The lowest BCUT2D eigenvalue weighted by atomic mass is 10.1. The number of anilines is 1. The van der Waals surface area contributed by atoms with Crippen LogP contribution in [0, 0.1) is 0 Å². The molecule has 0 unspecified atom stereocenters. The van der Waals surface area contributed by atoms with Gasteiger partial charge in [0, 0.05) is 5.69 Å². The van der Waals surface area contributed by atoms with E-state index in [1.165, 1.54) is 12.1 Å². The second kappa shape index (κ2) is 5.81. The van der Waals surface area contributed by atoms with Crippen molar-refractivity contribution in [1.29, 1.82) is 0 Å². The van der Waals surface area contributed by atoms with Gasteiger partial charge in [-0.25, -0.2) is 0 Å². The van der Waals surface area contributed by atoms with Gasteiger partial charge in [0.2, 0.25) is 0 Å². The number of hydrogen-bond donors (Lipinski definition) is 3. The first-order chi connectivity index (χ1) is 9.51. The number of aliphatic hydroxyl groups excluding tert-OH is 1. The number of nitrogen functional groups attached to an aromatic ring is 1. The smallest absolute Gasteiger partial charge is 0.252 e. The van der Waals surface area contributed by atoms with Crippen LogP contribution in [0.15, 0.2) is 36.4 Å². The van der Waals surface area contributed by atoms with Crippen molar-refractivity contribution in [2.75, 3.05) is 5.73 Å². The molecule has 20 heavy (non-hydrogen) atoms. The van der Waals surface area contributed by atoms with Crippen LogP contribution in [0.25, 0.3) is 0 Å². The summed E-state index contributed by atoms with van der Waals surface area (Å²) < 4.78 is 5.60. The Morgan fingerprint density at radius 2 is 2.05 bits per heavy atom. The van der Waals surface area contributed by atoms with Gasteiger partial charge >= 0.3 is 0 Å². The third-order valence-electron chi connectivity index (χ3n) is 2.63. The number of benzene rings is 2. The second-order valence-electron chi connectivity index (χ2n) is 4.15. The van der Waals surface area contributed by atoms with Gasteiger partial charge in [-0.15, -0.1) is 0 Å². The molecule has 0 aliphatic rings. The summed E-state index contributed by atoms with van der Waals surface area (Å²) in [5.74, 6) is -0.110. The van der Waals surface area contributed by atoms with Crippen LogP contribution in [0.3, 0.4) is 0 Å². The Morgan fingerprint density at radius 1 is 1.30 bits per heavy atom. The van der Waals surface area contributed by atoms with Crippen LogP contribution in [0.1, 0.15) is 15.9 Å². The molecule has 2 aromatic rings. The molecule has 0 aromatic heterocycles. The van der Waals surface area contributed by atoms with Crippen molar-refractivity contribution in [3.63, 3.8) is 0 Å². The minimum absolute atomic E-state index is 0.101. The SMILES string of the molecule is NC(=O)c1cc(N)cc(Cl)c1Oc1cccc(CO)c1. The molecule has 104 valence electrons. The maximum atomic E-state index is 11.4. The number of carbonyl (C=O) groups is 1. The first kappa shape index (κ1) is 14.2. The van der Waals surface area contributed by atoms with Crippen molar-refractivity contribution in [3.05, 3.63) is 52.5 Å². The highest BCUT2D eigenvalue weighted by Gasteiger charge is 2.15. The lowest BCUT2D eigenvalue weighted by Crippen LogP contribution is -2.13. The fourth-order valence-electron chi connectivity index (χ4n) is 1.73. The number of nitrogens with two attached hydrogens (primary N) is 2. The third kappa shape index (κ3) is 3.01. The van der Waals surface area contributed by atoms with E-state index in [1.807, 2.05) is 0 Å². The lowest BCUT2D eigenvalue weighted by Gasteiger charge is -2.12. The molecule has 0 saturated heterocycles. The van der Waals surface area contributed by atoms with Gasteiger partial charge in [-0.1, -0.05) is 23.7 Å². The summed E-state index contributed by atoms with van der Waals surface area (Å²) in [6.45, 7) is -0.116. The number of ether oxygens (including phenoxy) is 1. The number of primary amides is 1. The average Bonchev–Trinajstić information content (AvgIpc) is 2.41. The predicted octanol–water partition coefficient (Wildman–Crippen LogP) is 2.31. The fourth-order valence-corrected chi connectivity index (χ4v) is 1.99. The number of aliphatic hydroxyl groups is 1. The summed E-state index contributed by atoms with van der Waals surface area (Å²) in [7, 11) is 0. The van der Waals surface area contributed by atoms with Gasteiger partial charge < -0.3 is 21.3 Å². The van der Waals surface area contributed by atoms with Crippen molar-refractivity contribution in [2.24, 2.45) is 5.73 Å². The standard InChI is InChI=1S/C14H13ClN2O3/c15-12-6-9(16)5-11(14(17)19)13(12)20-10-3-1-2-8(4-10)7-18/h1-6,18H,7,16H2,(H2,17,19). The van der Waals surface area contributed by atoms with E-state index in [0.29, 0.717) is 17.0 Å². The normalized spacial score (nSPS) is 10.3. The summed E-state index contributed by atoms with van der Waals surface area (Å²) in [4.78, 5) is 11.4.